The first kappa shape index (κ1) is 12.8. The van der Waals surface area contributed by atoms with Crippen LogP contribution >= 0.6 is 0 Å². The van der Waals surface area contributed by atoms with Gasteiger partial charge >= 0.3 is 12.1 Å². The summed E-state index contributed by atoms with van der Waals surface area (Å²) in [5.41, 5.74) is -0.494. The molecule has 92 valence electrons. The molecule has 0 unspecified atom stereocenters. The molecule has 0 aliphatic carbocycles. The second-order valence-electron chi connectivity index (χ2n) is 4.83. The maximum Gasteiger partial charge on any atom is 0.410 e. The number of nitrogens with zero attached hydrogens (tertiary/aromatic N) is 1. The van der Waals surface area contributed by atoms with E-state index in [0.29, 0.717) is 19.7 Å². The quantitative estimate of drug-likeness (QED) is 0.672. The van der Waals surface area contributed by atoms with Crippen molar-refractivity contribution < 1.29 is 19.1 Å². The van der Waals surface area contributed by atoms with Crippen molar-refractivity contribution in [3.05, 3.63) is 0 Å². The Morgan fingerprint density at radius 3 is 2.31 bits per heavy atom. The maximum absolute atomic E-state index is 11.5. The molecule has 1 aliphatic heterocycles. The van der Waals surface area contributed by atoms with E-state index in [4.69, 9.17) is 9.47 Å². The van der Waals surface area contributed by atoms with Gasteiger partial charge in [0.2, 0.25) is 0 Å². The maximum atomic E-state index is 11.5. The molecule has 1 saturated heterocycles. The Hall–Kier alpha value is -1.26. The van der Waals surface area contributed by atoms with Gasteiger partial charge in [-0.05, 0) is 27.7 Å². The van der Waals surface area contributed by atoms with Crippen LogP contribution in [-0.2, 0) is 14.3 Å². The fraction of sp³-hybridized carbons (Fsp3) is 0.818. The number of hydrogen-bond donors (Lipinski definition) is 0. The van der Waals surface area contributed by atoms with E-state index in [9.17, 15) is 9.59 Å². The molecule has 1 amide bonds. The van der Waals surface area contributed by atoms with Crippen LogP contribution in [0.1, 0.15) is 27.7 Å². The number of rotatable bonds is 2. The molecule has 5 heteroatoms. The number of carbonyl (C=O) groups is 2. The van der Waals surface area contributed by atoms with Gasteiger partial charge in [0.1, 0.15) is 5.60 Å². The molecule has 0 N–H and O–H groups in total. The molecule has 1 fully saturated rings. The van der Waals surface area contributed by atoms with Crippen molar-refractivity contribution in [3.63, 3.8) is 0 Å². The van der Waals surface area contributed by atoms with E-state index in [1.165, 1.54) is 4.90 Å². The summed E-state index contributed by atoms with van der Waals surface area (Å²) in [5.74, 6) is -0.422. The third-order valence-electron chi connectivity index (χ3n) is 2.15. The largest absolute Gasteiger partial charge is 0.466 e. The van der Waals surface area contributed by atoms with Gasteiger partial charge in [-0.3, -0.25) is 4.79 Å². The van der Waals surface area contributed by atoms with Crippen molar-refractivity contribution in [1.82, 2.24) is 4.90 Å². The van der Waals surface area contributed by atoms with Gasteiger partial charge in [0.25, 0.3) is 0 Å². The van der Waals surface area contributed by atoms with Crippen molar-refractivity contribution >= 4 is 12.1 Å². The first-order valence-electron chi connectivity index (χ1n) is 5.48. The normalized spacial score (nSPS) is 16.6. The molecule has 0 atom stereocenters. The van der Waals surface area contributed by atoms with Crippen molar-refractivity contribution in [2.75, 3.05) is 19.7 Å². The molecule has 0 radical (unpaired) electrons. The second-order valence-corrected chi connectivity index (χ2v) is 4.83. The van der Waals surface area contributed by atoms with Crippen molar-refractivity contribution in [1.29, 1.82) is 0 Å². The first-order valence-corrected chi connectivity index (χ1v) is 5.48. The molecule has 0 spiro atoms. The topological polar surface area (TPSA) is 55.8 Å². The van der Waals surface area contributed by atoms with E-state index in [2.05, 4.69) is 0 Å². The molecule has 1 rings (SSSR count). The van der Waals surface area contributed by atoms with Gasteiger partial charge in [-0.2, -0.15) is 0 Å². The minimum Gasteiger partial charge on any atom is -0.466 e. The van der Waals surface area contributed by atoms with Gasteiger partial charge in [-0.25, -0.2) is 4.79 Å². The number of hydrogen-bond acceptors (Lipinski definition) is 4. The lowest BCUT2D eigenvalue weighted by Crippen LogP contribution is -2.54. The van der Waals surface area contributed by atoms with Crippen LogP contribution in [0.25, 0.3) is 0 Å². The van der Waals surface area contributed by atoms with E-state index in [1.807, 2.05) is 20.8 Å². The van der Waals surface area contributed by atoms with Crippen molar-refractivity contribution in [2.24, 2.45) is 5.92 Å². The average molecular weight is 229 g/mol. The van der Waals surface area contributed by atoms with Crippen LogP contribution in [0, 0.1) is 5.92 Å². The molecule has 0 aromatic carbocycles. The summed E-state index contributed by atoms with van der Waals surface area (Å²) in [5, 5.41) is 0. The fourth-order valence-electron chi connectivity index (χ4n) is 1.36. The molecular formula is C11H19NO4. The van der Waals surface area contributed by atoms with E-state index in [0.717, 1.165) is 0 Å². The van der Waals surface area contributed by atoms with E-state index in [-0.39, 0.29) is 18.0 Å². The number of amides is 1. The molecule has 16 heavy (non-hydrogen) atoms. The predicted molar refractivity (Wildman–Crippen MR) is 57.9 cm³/mol. The highest BCUT2D eigenvalue weighted by Gasteiger charge is 2.38. The van der Waals surface area contributed by atoms with Gasteiger partial charge in [-0.1, -0.05) is 0 Å². The number of ether oxygens (including phenoxy) is 2. The van der Waals surface area contributed by atoms with E-state index >= 15 is 0 Å². The molecule has 5 nitrogen and oxygen atoms in total. The lowest BCUT2D eigenvalue weighted by Gasteiger charge is -2.38. The lowest BCUT2D eigenvalue weighted by molar-refractivity contribution is -0.153. The van der Waals surface area contributed by atoms with Crippen LogP contribution in [0.4, 0.5) is 4.79 Å². The summed E-state index contributed by atoms with van der Waals surface area (Å²) in [6.07, 6.45) is -0.368. The Balaban J connectivity index is 2.30. The van der Waals surface area contributed by atoms with Crippen LogP contribution in [-0.4, -0.2) is 42.3 Å². The minimum absolute atomic E-state index is 0.188. The molecule has 0 bridgehead atoms. The Labute approximate surface area is 95.7 Å². The number of likely N-dealkylation sites (tertiary alicyclic amines) is 1. The van der Waals surface area contributed by atoms with Gasteiger partial charge in [0.15, 0.2) is 0 Å². The summed E-state index contributed by atoms with van der Waals surface area (Å²) in [6.45, 7) is 8.38. The van der Waals surface area contributed by atoms with Crippen molar-refractivity contribution in [2.45, 2.75) is 33.3 Å². The highest BCUT2D eigenvalue weighted by atomic mass is 16.6. The van der Waals surface area contributed by atoms with Gasteiger partial charge in [-0.15, -0.1) is 0 Å². The van der Waals surface area contributed by atoms with Crippen LogP contribution in [0.2, 0.25) is 0 Å². The van der Waals surface area contributed by atoms with E-state index < -0.39 is 5.60 Å². The van der Waals surface area contributed by atoms with Crippen LogP contribution < -0.4 is 0 Å². The highest BCUT2D eigenvalue weighted by molar-refractivity contribution is 5.78. The zero-order valence-electron chi connectivity index (χ0n) is 10.3. The Bertz CT molecular complexity index is 276. The molecule has 0 aromatic rings. The molecular weight excluding hydrogens is 210 g/mol. The third-order valence-corrected chi connectivity index (χ3v) is 2.15. The average Bonchev–Trinajstić information content (AvgIpc) is 1.97. The second kappa shape index (κ2) is 4.72. The first-order chi connectivity index (χ1) is 7.33. The van der Waals surface area contributed by atoms with Gasteiger partial charge < -0.3 is 14.4 Å². The zero-order valence-corrected chi connectivity index (χ0v) is 10.3. The summed E-state index contributed by atoms with van der Waals surface area (Å²) < 4.78 is 10.0. The SMILES string of the molecule is CCOC(=O)C1CN(C(=O)OC(C)(C)C)C1. The van der Waals surface area contributed by atoms with Gasteiger partial charge in [0, 0.05) is 13.1 Å². The Morgan fingerprint density at radius 1 is 1.31 bits per heavy atom. The van der Waals surface area contributed by atoms with Crippen LogP contribution in [0.5, 0.6) is 0 Å². The lowest BCUT2D eigenvalue weighted by atomic mass is 10.0. The standard InChI is InChI=1S/C11H19NO4/c1-5-15-9(13)8-6-12(7-8)10(14)16-11(2,3)4/h8H,5-7H2,1-4H3. The summed E-state index contributed by atoms with van der Waals surface area (Å²) in [6, 6.07) is 0. The molecule has 0 aromatic heterocycles. The number of esters is 1. The zero-order chi connectivity index (χ0) is 12.3. The van der Waals surface area contributed by atoms with Crippen LogP contribution in [0.15, 0.2) is 0 Å². The number of carbonyl (C=O) groups excluding carboxylic acids is 2. The summed E-state index contributed by atoms with van der Waals surface area (Å²) in [7, 11) is 0. The molecule has 1 aliphatic rings. The van der Waals surface area contributed by atoms with Crippen LogP contribution in [0.3, 0.4) is 0 Å². The minimum atomic E-state index is -0.494. The Morgan fingerprint density at radius 2 is 1.88 bits per heavy atom. The fourth-order valence-corrected chi connectivity index (χ4v) is 1.36. The third kappa shape index (κ3) is 3.40. The Kier molecular flexibility index (Phi) is 3.78. The summed E-state index contributed by atoms with van der Waals surface area (Å²) >= 11 is 0. The van der Waals surface area contributed by atoms with Gasteiger partial charge in [0.05, 0.1) is 12.5 Å². The predicted octanol–water partition coefficient (Wildman–Crippen LogP) is 1.42. The molecule has 0 saturated carbocycles. The molecule has 1 heterocycles. The summed E-state index contributed by atoms with van der Waals surface area (Å²) in [4.78, 5) is 24.3. The smallest absolute Gasteiger partial charge is 0.410 e. The highest BCUT2D eigenvalue weighted by Crippen LogP contribution is 2.20. The van der Waals surface area contributed by atoms with E-state index in [1.54, 1.807) is 6.92 Å². The monoisotopic (exact) mass is 229 g/mol. The van der Waals surface area contributed by atoms with Crippen molar-refractivity contribution in [3.8, 4) is 0 Å².